The van der Waals surface area contributed by atoms with Gasteiger partial charge in [0.1, 0.15) is 0 Å². The molecule has 0 aromatic rings. The van der Waals surface area contributed by atoms with Crippen LogP contribution in [0.3, 0.4) is 0 Å². The molecule has 2 fully saturated rings. The van der Waals surface area contributed by atoms with Crippen LogP contribution in [0.1, 0.15) is 19.3 Å². The predicted molar refractivity (Wildman–Crippen MR) is 52.3 cm³/mol. The fraction of sp³-hybridized carbons (Fsp3) is 0.900. The van der Waals surface area contributed by atoms with Crippen molar-refractivity contribution in [2.45, 2.75) is 37.7 Å². The normalized spacial score (nSPS) is 35.7. The van der Waals surface area contributed by atoms with E-state index in [1.165, 1.54) is 7.11 Å². The Hall–Kier alpha value is -0.650. The molecule has 0 bridgehead atoms. The van der Waals surface area contributed by atoms with E-state index >= 15 is 0 Å². The van der Waals surface area contributed by atoms with Gasteiger partial charge in [-0.2, -0.15) is 0 Å². The highest BCUT2D eigenvalue weighted by molar-refractivity contribution is 5.69. The third-order valence-electron chi connectivity index (χ3n) is 2.82. The number of rotatable bonds is 3. The van der Waals surface area contributed by atoms with Crippen molar-refractivity contribution < 1.29 is 19.0 Å². The lowest BCUT2D eigenvalue weighted by atomic mass is 10.2. The van der Waals surface area contributed by atoms with E-state index in [0.717, 1.165) is 19.4 Å². The van der Waals surface area contributed by atoms with Crippen LogP contribution in [0.2, 0.25) is 0 Å². The van der Waals surface area contributed by atoms with Gasteiger partial charge in [-0.05, 0) is 19.4 Å². The molecule has 0 amide bonds. The average molecular weight is 215 g/mol. The Morgan fingerprint density at radius 2 is 2.47 bits per heavy atom. The Morgan fingerprint density at radius 3 is 3.13 bits per heavy atom. The summed E-state index contributed by atoms with van der Waals surface area (Å²) in [4.78, 5) is 11.0. The molecule has 5 nitrogen and oxygen atoms in total. The zero-order valence-electron chi connectivity index (χ0n) is 8.90. The second-order valence-electron chi connectivity index (χ2n) is 3.94. The van der Waals surface area contributed by atoms with Crippen LogP contribution in [0, 0.1) is 0 Å². The topological polar surface area (TPSA) is 56.8 Å². The number of esters is 1. The van der Waals surface area contributed by atoms with Crippen molar-refractivity contribution in [1.82, 2.24) is 5.32 Å². The van der Waals surface area contributed by atoms with Gasteiger partial charge in [0.25, 0.3) is 0 Å². The van der Waals surface area contributed by atoms with Crippen molar-refractivity contribution in [3.63, 3.8) is 0 Å². The molecule has 2 saturated heterocycles. The molecular weight excluding hydrogens is 198 g/mol. The van der Waals surface area contributed by atoms with Gasteiger partial charge in [-0.25, -0.2) is 0 Å². The minimum Gasteiger partial charge on any atom is -0.469 e. The average Bonchev–Trinajstić information content (AvgIpc) is 2.85. The molecule has 0 aromatic heterocycles. The molecule has 0 radical (unpaired) electrons. The van der Waals surface area contributed by atoms with Gasteiger partial charge in [-0.1, -0.05) is 0 Å². The van der Waals surface area contributed by atoms with Crippen molar-refractivity contribution in [2.75, 3.05) is 20.3 Å². The van der Waals surface area contributed by atoms with Gasteiger partial charge in [0.05, 0.1) is 32.3 Å². The number of hydrogen-bond donors (Lipinski definition) is 1. The number of nitrogens with one attached hydrogen (secondary N) is 1. The summed E-state index contributed by atoms with van der Waals surface area (Å²) >= 11 is 0. The SMILES string of the molecule is COC(=O)CC1COC(C2CCCN2)O1. The van der Waals surface area contributed by atoms with Crippen LogP contribution in [-0.4, -0.2) is 44.7 Å². The molecule has 2 heterocycles. The smallest absolute Gasteiger partial charge is 0.308 e. The summed E-state index contributed by atoms with van der Waals surface area (Å²) in [7, 11) is 1.38. The lowest BCUT2D eigenvalue weighted by Gasteiger charge is -2.17. The summed E-state index contributed by atoms with van der Waals surface area (Å²) in [5.41, 5.74) is 0. The highest BCUT2D eigenvalue weighted by Gasteiger charge is 2.34. The molecule has 0 aliphatic carbocycles. The summed E-state index contributed by atoms with van der Waals surface area (Å²) in [5, 5.41) is 3.32. The van der Waals surface area contributed by atoms with Crippen molar-refractivity contribution in [1.29, 1.82) is 0 Å². The summed E-state index contributed by atoms with van der Waals surface area (Å²) < 4.78 is 15.7. The molecule has 2 aliphatic rings. The highest BCUT2D eigenvalue weighted by Crippen LogP contribution is 2.21. The molecule has 15 heavy (non-hydrogen) atoms. The minimum absolute atomic E-state index is 0.148. The zero-order chi connectivity index (χ0) is 10.7. The first-order valence-electron chi connectivity index (χ1n) is 5.37. The van der Waals surface area contributed by atoms with Crippen LogP contribution in [0.25, 0.3) is 0 Å². The van der Waals surface area contributed by atoms with Crippen LogP contribution in [-0.2, 0) is 19.0 Å². The standard InChI is InChI=1S/C10H17NO4/c1-13-9(12)5-7-6-14-10(15-7)8-3-2-4-11-8/h7-8,10-11H,2-6H2,1H3. The van der Waals surface area contributed by atoms with Crippen LogP contribution >= 0.6 is 0 Å². The van der Waals surface area contributed by atoms with Crippen LogP contribution < -0.4 is 5.32 Å². The molecule has 3 unspecified atom stereocenters. The Kier molecular flexibility index (Phi) is 3.56. The van der Waals surface area contributed by atoms with Gasteiger partial charge in [-0.3, -0.25) is 4.79 Å². The fourth-order valence-corrected chi connectivity index (χ4v) is 2.00. The van der Waals surface area contributed by atoms with Crippen LogP contribution in [0.15, 0.2) is 0 Å². The Balaban J connectivity index is 1.76. The van der Waals surface area contributed by atoms with Crippen LogP contribution in [0.4, 0.5) is 0 Å². The molecule has 86 valence electrons. The summed E-state index contributed by atoms with van der Waals surface area (Å²) in [6.07, 6.45) is 2.18. The van der Waals surface area contributed by atoms with Gasteiger partial charge in [-0.15, -0.1) is 0 Å². The third kappa shape index (κ3) is 2.68. The highest BCUT2D eigenvalue weighted by atomic mass is 16.7. The number of ether oxygens (including phenoxy) is 3. The molecule has 2 rings (SSSR count). The van der Waals surface area contributed by atoms with Crippen LogP contribution in [0.5, 0.6) is 0 Å². The Morgan fingerprint density at radius 1 is 1.60 bits per heavy atom. The maximum Gasteiger partial charge on any atom is 0.308 e. The summed E-state index contributed by atoms with van der Waals surface area (Å²) in [6, 6.07) is 0.285. The van der Waals surface area contributed by atoms with E-state index in [2.05, 4.69) is 10.1 Å². The second kappa shape index (κ2) is 4.92. The number of hydrogen-bond acceptors (Lipinski definition) is 5. The zero-order valence-corrected chi connectivity index (χ0v) is 8.90. The Bertz CT molecular complexity index is 227. The lowest BCUT2D eigenvalue weighted by molar-refractivity contribution is -0.144. The maximum absolute atomic E-state index is 11.0. The number of carbonyl (C=O) groups excluding carboxylic acids is 1. The van der Waals surface area contributed by atoms with Gasteiger partial charge in [0.2, 0.25) is 0 Å². The predicted octanol–water partition coefficient (Wildman–Crippen LogP) is 0.0430. The van der Waals surface area contributed by atoms with E-state index in [9.17, 15) is 4.79 Å². The van der Waals surface area contributed by atoms with Gasteiger partial charge >= 0.3 is 5.97 Å². The molecule has 5 heteroatoms. The van der Waals surface area contributed by atoms with Crippen molar-refractivity contribution in [2.24, 2.45) is 0 Å². The molecule has 0 spiro atoms. The van der Waals surface area contributed by atoms with E-state index in [-0.39, 0.29) is 30.8 Å². The summed E-state index contributed by atoms with van der Waals surface area (Å²) in [6.45, 7) is 1.51. The van der Waals surface area contributed by atoms with Crippen molar-refractivity contribution in [3.05, 3.63) is 0 Å². The first-order valence-corrected chi connectivity index (χ1v) is 5.37. The first kappa shape index (κ1) is 10.9. The van der Waals surface area contributed by atoms with Crippen molar-refractivity contribution in [3.8, 4) is 0 Å². The lowest BCUT2D eigenvalue weighted by Crippen LogP contribution is -2.35. The largest absolute Gasteiger partial charge is 0.469 e. The van der Waals surface area contributed by atoms with E-state index in [1.54, 1.807) is 0 Å². The molecular formula is C10H17NO4. The summed E-state index contributed by atoms with van der Waals surface area (Å²) in [5.74, 6) is -0.247. The van der Waals surface area contributed by atoms with Gasteiger partial charge < -0.3 is 19.5 Å². The molecule has 0 saturated carbocycles. The van der Waals surface area contributed by atoms with E-state index < -0.39 is 0 Å². The minimum atomic E-state index is -0.247. The Labute approximate surface area is 89.1 Å². The monoisotopic (exact) mass is 215 g/mol. The molecule has 0 aromatic carbocycles. The quantitative estimate of drug-likeness (QED) is 0.674. The van der Waals surface area contributed by atoms with Crippen molar-refractivity contribution >= 4 is 5.97 Å². The van der Waals surface area contributed by atoms with E-state index in [1.807, 2.05) is 0 Å². The van der Waals surface area contributed by atoms with E-state index in [4.69, 9.17) is 9.47 Å². The van der Waals surface area contributed by atoms with E-state index in [0.29, 0.717) is 6.61 Å². The van der Waals surface area contributed by atoms with Gasteiger partial charge in [0.15, 0.2) is 6.29 Å². The first-order chi connectivity index (χ1) is 7.29. The third-order valence-corrected chi connectivity index (χ3v) is 2.82. The van der Waals surface area contributed by atoms with Gasteiger partial charge in [0, 0.05) is 0 Å². The molecule has 1 N–H and O–H groups in total. The second-order valence-corrected chi connectivity index (χ2v) is 3.94. The molecule has 2 aliphatic heterocycles. The fourth-order valence-electron chi connectivity index (χ4n) is 2.00. The molecule has 3 atom stereocenters. The number of methoxy groups -OCH3 is 1. The number of carbonyl (C=O) groups is 1. The maximum atomic E-state index is 11.0.